The summed E-state index contributed by atoms with van der Waals surface area (Å²) < 4.78 is 10.9. The summed E-state index contributed by atoms with van der Waals surface area (Å²) in [6.45, 7) is 3.23. The summed E-state index contributed by atoms with van der Waals surface area (Å²) in [6.07, 6.45) is 0. The Morgan fingerprint density at radius 3 is 2.82 bits per heavy atom. The highest BCUT2D eigenvalue weighted by atomic mass is 16.6. The zero-order valence-electron chi connectivity index (χ0n) is 9.73. The molecular weight excluding hydrogens is 220 g/mol. The molecule has 92 valence electrons. The van der Waals surface area contributed by atoms with E-state index in [0.717, 1.165) is 17.1 Å². The van der Waals surface area contributed by atoms with Gasteiger partial charge in [0.1, 0.15) is 13.2 Å². The van der Waals surface area contributed by atoms with Crippen LogP contribution in [-0.4, -0.2) is 25.2 Å². The van der Waals surface area contributed by atoms with Crippen LogP contribution in [-0.2, 0) is 11.3 Å². The van der Waals surface area contributed by atoms with Gasteiger partial charge in [-0.25, -0.2) is 0 Å². The second kappa shape index (κ2) is 5.05. The van der Waals surface area contributed by atoms with Crippen molar-refractivity contribution in [2.75, 3.05) is 13.2 Å². The summed E-state index contributed by atoms with van der Waals surface area (Å²) in [5.41, 5.74) is 6.42. The molecule has 0 aliphatic carbocycles. The molecule has 1 heterocycles. The van der Waals surface area contributed by atoms with Gasteiger partial charge in [0, 0.05) is 6.54 Å². The molecule has 5 nitrogen and oxygen atoms in total. The van der Waals surface area contributed by atoms with Crippen LogP contribution in [0.1, 0.15) is 12.5 Å². The molecule has 1 aliphatic heterocycles. The molecule has 1 amide bonds. The first-order chi connectivity index (χ1) is 8.16. The number of fused-ring (bicyclic) bond motifs is 1. The van der Waals surface area contributed by atoms with Gasteiger partial charge >= 0.3 is 0 Å². The predicted octanol–water partition coefficient (Wildman–Crippen LogP) is 0.421. The molecule has 0 saturated heterocycles. The molecular formula is C12H16N2O3. The van der Waals surface area contributed by atoms with E-state index in [4.69, 9.17) is 15.2 Å². The van der Waals surface area contributed by atoms with Crippen molar-refractivity contribution in [3.05, 3.63) is 23.8 Å². The summed E-state index contributed by atoms with van der Waals surface area (Å²) in [7, 11) is 0. The largest absolute Gasteiger partial charge is 0.486 e. The smallest absolute Gasteiger partial charge is 0.236 e. The van der Waals surface area contributed by atoms with Crippen LogP contribution >= 0.6 is 0 Å². The van der Waals surface area contributed by atoms with Crippen LogP contribution in [0.25, 0.3) is 0 Å². The van der Waals surface area contributed by atoms with Crippen LogP contribution < -0.4 is 20.5 Å². The molecule has 0 aromatic heterocycles. The predicted molar refractivity (Wildman–Crippen MR) is 62.9 cm³/mol. The van der Waals surface area contributed by atoms with Crippen LogP contribution in [0.3, 0.4) is 0 Å². The minimum atomic E-state index is -0.493. The van der Waals surface area contributed by atoms with Gasteiger partial charge in [-0.2, -0.15) is 0 Å². The molecule has 2 rings (SSSR count). The van der Waals surface area contributed by atoms with Crippen LogP contribution in [0.15, 0.2) is 18.2 Å². The van der Waals surface area contributed by atoms with Gasteiger partial charge in [0.2, 0.25) is 5.91 Å². The first kappa shape index (κ1) is 11.7. The first-order valence-corrected chi connectivity index (χ1v) is 5.58. The lowest BCUT2D eigenvalue weighted by Crippen LogP contribution is -2.37. The third-order valence-electron chi connectivity index (χ3n) is 2.49. The number of nitrogens with one attached hydrogen (secondary N) is 1. The molecule has 0 saturated carbocycles. The summed E-state index contributed by atoms with van der Waals surface area (Å²) in [4.78, 5) is 11.3. The molecule has 17 heavy (non-hydrogen) atoms. The molecule has 1 aliphatic rings. The number of hydrogen-bond acceptors (Lipinski definition) is 4. The minimum Gasteiger partial charge on any atom is -0.486 e. The Labute approximate surface area is 99.9 Å². The van der Waals surface area contributed by atoms with Crippen molar-refractivity contribution in [1.82, 2.24) is 5.32 Å². The molecule has 0 radical (unpaired) electrons. The first-order valence-electron chi connectivity index (χ1n) is 5.58. The van der Waals surface area contributed by atoms with Gasteiger partial charge in [-0.15, -0.1) is 0 Å². The van der Waals surface area contributed by atoms with E-state index >= 15 is 0 Å². The number of rotatable bonds is 3. The van der Waals surface area contributed by atoms with E-state index in [2.05, 4.69) is 5.32 Å². The highest BCUT2D eigenvalue weighted by Crippen LogP contribution is 2.30. The SMILES string of the molecule is C[C@@H](N)C(=O)NCc1ccc2c(c1)OCCO2. The monoisotopic (exact) mass is 236 g/mol. The van der Waals surface area contributed by atoms with Gasteiger partial charge in [0.15, 0.2) is 11.5 Å². The molecule has 0 unspecified atom stereocenters. The molecule has 1 aromatic carbocycles. The number of hydrogen-bond donors (Lipinski definition) is 2. The lowest BCUT2D eigenvalue weighted by atomic mass is 10.2. The van der Waals surface area contributed by atoms with E-state index < -0.39 is 6.04 Å². The maximum atomic E-state index is 11.3. The highest BCUT2D eigenvalue weighted by Gasteiger charge is 2.12. The van der Waals surface area contributed by atoms with Crippen molar-refractivity contribution in [2.45, 2.75) is 19.5 Å². The lowest BCUT2D eigenvalue weighted by molar-refractivity contribution is -0.122. The third-order valence-corrected chi connectivity index (χ3v) is 2.49. The van der Waals surface area contributed by atoms with Gasteiger partial charge < -0.3 is 20.5 Å². The zero-order valence-corrected chi connectivity index (χ0v) is 9.73. The summed E-state index contributed by atoms with van der Waals surface area (Å²) in [6, 6.07) is 5.12. The third kappa shape index (κ3) is 2.88. The average molecular weight is 236 g/mol. The Morgan fingerprint density at radius 1 is 1.41 bits per heavy atom. The van der Waals surface area contributed by atoms with E-state index in [-0.39, 0.29) is 5.91 Å². The van der Waals surface area contributed by atoms with E-state index in [1.54, 1.807) is 6.92 Å². The Morgan fingerprint density at radius 2 is 2.12 bits per heavy atom. The van der Waals surface area contributed by atoms with Gasteiger partial charge in [-0.3, -0.25) is 4.79 Å². The Kier molecular flexibility index (Phi) is 3.49. The highest BCUT2D eigenvalue weighted by molar-refractivity contribution is 5.80. The van der Waals surface area contributed by atoms with Crippen molar-refractivity contribution >= 4 is 5.91 Å². The molecule has 0 bridgehead atoms. The van der Waals surface area contributed by atoms with E-state index in [0.29, 0.717) is 19.8 Å². The Bertz CT molecular complexity index is 418. The second-order valence-electron chi connectivity index (χ2n) is 3.98. The van der Waals surface area contributed by atoms with Gasteiger partial charge in [-0.05, 0) is 24.6 Å². The standard InChI is InChI=1S/C12H16N2O3/c1-8(13)12(15)14-7-9-2-3-10-11(6-9)17-5-4-16-10/h2-3,6,8H,4-5,7,13H2,1H3,(H,14,15)/t8-/m1/s1. The van der Waals surface area contributed by atoms with E-state index in [1.165, 1.54) is 0 Å². The minimum absolute atomic E-state index is 0.167. The second-order valence-corrected chi connectivity index (χ2v) is 3.98. The maximum absolute atomic E-state index is 11.3. The van der Waals surface area contributed by atoms with Gasteiger partial charge in [0.25, 0.3) is 0 Å². The normalized spacial score (nSPS) is 15.2. The summed E-state index contributed by atoms with van der Waals surface area (Å²) in [5, 5.41) is 2.74. The lowest BCUT2D eigenvalue weighted by Gasteiger charge is -2.19. The fourth-order valence-electron chi connectivity index (χ4n) is 1.55. The number of carbonyl (C=O) groups is 1. The Balaban J connectivity index is 2.00. The molecule has 1 aromatic rings. The maximum Gasteiger partial charge on any atom is 0.236 e. The molecule has 0 fully saturated rings. The number of nitrogens with two attached hydrogens (primary N) is 1. The van der Waals surface area contributed by atoms with Crippen molar-refractivity contribution in [3.63, 3.8) is 0 Å². The van der Waals surface area contributed by atoms with Crippen molar-refractivity contribution in [3.8, 4) is 11.5 Å². The van der Waals surface area contributed by atoms with Crippen LogP contribution in [0, 0.1) is 0 Å². The van der Waals surface area contributed by atoms with Crippen LogP contribution in [0.5, 0.6) is 11.5 Å². The summed E-state index contributed by atoms with van der Waals surface area (Å²) >= 11 is 0. The fourth-order valence-corrected chi connectivity index (χ4v) is 1.55. The zero-order chi connectivity index (χ0) is 12.3. The molecule has 5 heteroatoms. The summed E-state index contributed by atoms with van der Waals surface area (Å²) in [5.74, 6) is 1.31. The van der Waals surface area contributed by atoms with E-state index in [9.17, 15) is 4.79 Å². The van der Waals surface area contributed by atoms with Gasteiger partial charge in [0.05, 0.1) is 6.04 Å². The molecule has 1 atom stereocenters. The van der Waals surface area contributed by atoms with E-state index in [1.807, 2.05) is 18.2 Å². The molecule has 3 N–H and O–H groups in total. The van der Waals surface area contributed by atoms with Crippen molar-refractivity contribution in [1.29, 1.82) is 0 Å². The molecule has 0 spiro atoms. The Hall–Kier alpha value is -1.75. The number of carbonyl (C=O) groups excluding carboxylic acids is 1. The number of benzene rings is 1. The fraction of sp³-hybridized carbons (Fsp3) is 0.417. The van der Waals surface area contributed by atoms with Crippen molar-refractivity contribution < 1.29 is 14.3 Å². The topological polar surface area (TPSA) is 73.6 Å². The van der Waals surface area contributed by atoms with Crippen LogP contribution in [0.4, 0.5) is 0 Å². The van der Waals surface area contributed by atoms with Crippen molar-refractivity contribution in [2.24, 2.45) is 5.73 Å². The number of amides is 1. The van der Waals surface area contributed by atoms with Gasteiger partial charge in [-0.1, -0.05) is 6.07 Å². The average Bonchev–Trinajstić information content (AvgIpc) is 2.35. The quantitative estimate of drug-likeness (QED) is 0.797. The number of ether oxygens (including phenoxy) is 2. The van der Waals surface area contributed by atoms with Crippen LogP contribution in [0.2, 0.25) is 0 Å².